The normalized spacial score (nSPS) is 14.0. The number of hydrogen-bond donors (Lipinski definition) is 3. The summed E-state index contributed by atoms with van der Waals surface area (Å²) in [5.41, 5.74) is -0.251. The fraction of sp³-hybridized carbons (Fsp3) is 0.867. The standard InChI is InChI=1S/C15H30N2O3S/c1-10(2)16-12(18)9-8-11(17-14(3,4)5)13(19)20-15(6,7)21/h10-11,17,21H,8-9H2,1-7H3,(H,16,18). The highest BCUT2D eigenvalue weighted by atomic mass is 32.1. The topological polar surface area (TPSA) is 67.4 Å². The van der Waals surface area contributed by atoms with E-state index in [0.717, 1.165) is 0 Å². The molecule has 0 aliphatic heterocycles. The lowest BCUT2D eigenvalue weighted by Crippen LogP contribution is -2.50. The van der Waals surface area contributed by atoms with Crippen LogP contribution in [0.25, 0.3) is 0 Å². The van der Waals surface area contributed by atoms with Gasteiger partial charge in [0.1, 0.15) is 11.0 Å². The van der Waals surface area contributed by atoms with E-state index in [1.807, 2.05) is 34.6 Å². The molecule has 1 atom stereocenters. The van der Waals surface area contributed by atoms with E-state index in [9.17, 15) is 9.59 Å². The molecule has 0 aliphatic rings. The number of hydrogen-bond acceptors (Lipinski definition) is 5. The van der Waals surface area contributed by atoms with Crippen LogP contribution in [0.5, 0.6) is 0 Å². The van der Waals surface area contributed by atoms with Gasteiger partial charge < -0.3 is 10.1 Å². The minimum atomic E-state index is -0.838. The summed E-state index contributed by atoms with van der Waals surface area (Å²) < 4.78 is 5.29. The van der Waals surface area contributed by atoms with Crippen LogP contribution in [-0.4, -0.2) is 34.4 Å². The highest BCUT2D eigenvalue weighted by molar-refractivity contribution is 7.81. The zero-order chi connectivity index (χ0) is 16.8. The van der Waals surface area contributed by atoms with Crippen molar-refractivity contribution in [2.24, 2.45) is 0 Å². The zero-order valence-corrected chi connectivity index (χ0v) is 15.1. The molecule has 21 heavy (non-hydrogen) atoms. The van der Waals surface area contributed by atoms with Gasteiger partial charge in [-0.05, 0) is 54.9 Å². The second kappa shape index (κ2) is 8.03. The van der Waals surface area contributed by atoms with Crippen LogP contribution >= 0.6 is 12.6 Å². The lowest BCUT2D eigenvalue weighted by atomic mass is 10.0. The van der Waals surface area contributed by atoms with E-state index in [0.29, 0.717) is 6.42 Å². The van der Waals surface area contributed by atoms with Crippen molar-refractivity contribution in [3.05, 3.63) is 0 Å². The molecule has 0 aromatic rings. The summed E-state index contributed by atoms with van der Waals surface area (Å²) in [6, 6.07) is -0.441. The Morgan fingerprint density at radius 3 is 2.05 bits per heavy atom. The average Bonchev–Trinajstić information content (AvgIpc) is 2.18. The predicted molar refractivity (Wildman–Crippen MR) is 88.3 cm³/mol. The maximum Gasteiger partial charge on any atom is 0.324 e. The van der Waals surface area contributed by atoms with Gasteiger partial charge >= 0.3 is 5.97 Å². The Labute approximate surface area is 134 Å². The van der Waals surface area contributed by atoms with Gasteiger partial charge in [0.2, 0.25) is 5.91 Å². The first-order valence-corrected chi connectivity index (χ1v) is 7.77. The summed E-state index contributed by atoms with van der Waals surface area (Å²) >= 11 is 4.20. The third-order valence-corrected chi connectivity index (χ3v) is 2.44. The highest BCUT2D eigenvalue weighted by Crippen LogP contribution is 2.17. The van der Waals surface area contributed by atoms with Crippen molar-refractivity contribution in [1.82, 2.24) is 10.6 Å². The first-order chi connectivity index (χ1) is 9.30. The van der Waals surface area contributed by atoms with Crippen LogP contribution in [0, 0.1) is 0 Å². The van der Waals surface area contributed by atoms with Gasteiger partial charge in [0.15, 0.2) is 0 Å². The Morgan fingerprint density at radius 1 is 1.14 bits per heavy atom. The van der Waals surface area contributed by atoms with E-state index in [1.54, 1.807) is 13.8 Å². The van der Waals surface area contributed by atoms with E-state index in [2.05, 4.69) is 23.3 Å². The maximum atomic E-state index is 12.2. The molecule has 0 rings (SSSR count). The van der Waals surface area contributed by atoms with Crippen LogP contribution < -0.4 is 10.6 Å². The molecular formula is C15H30N2O3S. The molecule has 6 heteroatoms. The number of rotatable bonds is 7. The first-order valence-electron chi connectivity index (χ1n) is 7.32. The van der Waals surface area contributed by atoms with Crippen molar-refractivity contribution in [2.75, 3.05) is 0 Å². The van der Waals surface area contributed by atoms with Crippen LogP contribution in [0.3, 0.4) is 0 Å². The van der Waals surface area contributed by atoms with Crippen LogP contribution in [-0.2, 0) is 14.3 Å². The summed E-state index contributed by atoms with van der Waals surface area (Å²) in [6.45, 7) is 13.1. The third-order valence-electron chi connectivity index (χ3n) is 2.35. The maximum absolute atomic E-state index is 12.2. The van der Waals surface area contributed by atoms with Gasteiger partial charge in [0.05, 0.1) is 0 Å². The summed E-state index contributed by atoms with van der Waals surface area (Å²) in [5, 5.41) is 6.01. The molecule has 0 aromatic carbocycles. The smallest absolute Gasteiger partial charge is 0.324 e. The Hall–Kier alpha value is -0.750. The summed E-state index contributed by atoms with van der Waals surface area (Å²) in [4.78, 5) is 23.1. The molecule has 1 amide bonds. The van der Waals surface area contributed by atoms with Crippen LogP contribution in [0.4, 0.5) is 0 Å². The summed E-state index contributed by atoms with van der Waals surface area (Å²) in [6.07, 6.45) is 0.659. The second-order valence-electron chi connectivity index (χ2n) is 7.08. The number of nitrogens with one attached hydrogen (secondary N) is 2. The van der Waals surface area contributed by atoms with E-state index in [1.165, 1.54) is 0 Å². The van der Waals surface area contributed by atoms with Gasteiger partial charge in [-0.1, -0.05) is 0 Å². The Balaban J connectivity index is 4.68. The molecular weight excluding hydrogens is 288 g/mol. The average molecular weight is 318 g/mol. The molecule has 0 heterocycles. The number of carbonyl (C=O) groups excluding carboxylic acids is 2. The molecule has 0 saturated carbocycles. The predicted octanol–water partition coefficient (Wildman–Crippen LogP) is 2.26. The minimum absolute atomic E-state index is 0.0661. The number of esters is 1. The SMILES string of the molecule is CC(C)NC(=O)CCC(NC(C)(C)C)C(=O)OC(C)(C)S. The lowest BCUT2D eigenvalue weighted by molar-refractivity contribution is -0.152. The molecule has 0 spiro atoms. The van der Waals surface area contributed by atoms with Gasteiger partial charge in [0, 0.05) is 18.0 Å². The summed E-state index contributed by atoms with van der Waals surface area (Å²) in [7, 11) is 0. The van der Waals surface area contributed by atoms with Crippen molar-refractivity contribution in [1.29, 1.82) is 0 Å². The Bertz CT molecular complexity index is 357. The van der Waals surface area contributed by atoms with Gasteiger partial charge in [-0.3, -0.25) is 14.9 Å². The molecule has 0 saturated heterocycles. The van der Waals surface area contributed by atoms with Crippen molar-refractivity contribution >= 4 is 24.5 Å². The molecule has 0 fully saturated rings. The number of carbonyl (C=O) groups is 2. The molecule has 0 aliphatic carbocycles. The van der Waals surface area contributed by atoms with Crippen molar-refractivity contribution in [2.45, 2.75) is 83.9 Å². The first kappa shape index (κ1) is 20.2. The fourth-order valence-electron chi connectivity index (χ4n) is 1.76. The number of thiol groups is 1. The fourth-order valence-corrected chi connectivity index (χ4v) is 1.85. The highest BCUT2D eigenvalue weighted by Gasteiger charge is 2.29. The molecule has 1 unspecified atom stereocenters. The summed E-state index contributed by atoms with van der Waals surface area (Å²) in [5.74, 6) is -0.453. The van der Waals surface area contributed by atoms with Gasteiger partial charge in [-0.15, -0.1) is 12.6 Å². The minimum Gasteiger partial charge on any atom is -0.448 e. The Kier molecular flexibility index (Phi) is 7.75. The van der Waals surface area contributed by atoms with Crippen LogP contribution in [0.2, 0.25) is 0 Å². The van der Waals surface area contributed by atoms with Crippen LogP contribution in [0.1, 0.15) is 61.3 Å². The van der Waals surface area contributed by atoms with Gasteiger partial charge in [-0.25, -0.2) is 0 Å². The molecule has 0 aromatic heterocycles. The molecule has 0 bridgehead atoms. The van der Waals surface area contributed by atoms with Crippen LogP contribution in [0.15, 0.2) is 0 Å². The zero-order valence-electron chi connectivity index (χ0n) is 14.2. The molecule has 0 radical (unpaired) electrons. The monoisotopic (exact) mass is 318 g/mol. The molecule has 2 N–H and O–H groups in total. The molecule has 5 nitrogen and oxygen atoms in total. The largest absolute Gasteiger partial charge is 0.448 e. The van der Waals surface area contributed by atoms with E-state index in [-0.39, 0.29) is 29.9 Å². The van der Waals surface area contributed by atoms with E-state index < -0.39 is 11.0 Å². The van der Waals surface area contributed by atoms with E-state index in [4.69, 9.17) is 4.74 Å². The van der Waals surface area contributed by atoms with Crippen molar-refractivity contribution < 1.29 is 14.3 Å². The van der Waals surface area contributed by atoms with Gasteiger partial charge in [0.25, 0.3) is 0 Å². The number of amides is 1. The van der Waals surface area contributed by atoms with E-state index >= 15 is 0 Å². The van der Waals surface area contributed by atoms with Crippen molar-refractivity contribution in [3.8, 4) is 0 Å². The van der Waals surface area contributed by atoms with Crippen molar-refractivity contribution in [3.63, 3.8) is 0 Å². The third kappa shape index (κ3) is 11.6. The number of ether oxygens (including phenoxy) is 1. The lowest BCUT2D eigenvalue weighted by Gasteiger charge is -2.29. The Morgan fingerprint density at radius 2 is 1.67 bits per heavy atom. The second-order valence-corrected chi connectivity index (χ2v) is 8.15. The molecule has 124 valence electrons. The van der Waals surface area contributed by atoms with Gasteiger partial charge in [-0.2, -0.15) is 0 Å². The quantitative estimate of drug-likeness (QED) is 0.383.